The van der Waals surface area contributed by atoms with Gasteiger partial charge < -0.3 is 13.9 Å². The number of carboxylic acid groups (broad SMARTS) is 1. The fourth-order valence-electron chi connectivity index (χ4n) is 3.81. The van der Waals surface area contributed by atoms with E-state index in [9.17, 15) is 4.79 Å². The van der Waals surface area contributed by atoms with Crippen LogP contribution in [0.3, 0.4) is 0 Å². The average Bonchev–Trinajstić information content (AvgIpc) is 3.58. The molecule has 9 nitrogen and oxygen atoms in total. The van der Waals surface area contributed by atoms with Crippen molar-refractivity contribution >= 4 is 51.0 Å². The van der Waals surface area contributed by atoms with Crippen molar-refractivity contribution in [2.75, 3.05) is 0 Å². The number of fused-ring (bicyclic) bond motifs is 2. The number of halogens is 2. The molecule has 6 aromatic rings. The molecule has 1 N–H and O–H groups in total. The maximum Gasteiger partial charge on any atom is 0.357 e. The van der Waals surface area contributed by atoms with E-state index < -0.39 is 5.97 Å². The summed E-state index contributed by atoms with van der Waals surface area (Å²) >= 11 is 11.8. The van der Waals surface area contributed by atoms with Crippen molar-refractivity contribution in [3.05, 3.63) is 118 Å². The molecule has 4 aromatic heterocycles. The standard InChI is InChI=1S/C14H8ClN3O.C14H9ClN2O3.CH4/c15-11-5-10-3-9(1-2-13(10)17-7-11)4-14-18-12(6-16)8-19-14;15-10-5-9-3-8(1-2-11(9)16-6-10)4-13-17-12(7-20-13)14(18)19;/h1-3,5,7-8H,4H2;1-3,5-7H,4H2,(H,18,19);1H4. The van der Waals surface area contributed by atoms with Gasteiger partial charge in [-0.2, -0.15) is 5.26 Å². The lowest BCUT2D eigenvalue weighted by Gasteiger charge is -2.01. The zero-order valence-corrected chi connectivity index (χ0v) is 21.5. The lowest BCUT2D eigenvalue weighted by Crippen LogP contribution is -1.97. The fraction of sp³-hybridized carbons (Fsp3) is 0.103. The summed E-state index contributed by atoms with van der Waals surface area (Å²) in [6, 6.07) is 17.2. The Morgan fingerprint density at radius 2 is 1.35 bits per heavy atom. The third-order valence-corrected chi connectivity index (χ3v) is 5.99. The Morgan fingerprint density at radius 1 is 0.825 bits per heavy atom. The van der Waals surface area contributed by atoms with Crippen LogP contribution in [0, 0.1) is 11.3 Å². The minimum atomic E-state index is -1.10. The van der Waals surface area contributed by atoms with Gasteiger partial charge in [0.2, 0.25) is 0 Å². The van der Waals surface area contributed by atoms with Crippen LogP contribution in [0.15, 0.2) is 82.3 Å². The summed E-state index contributed by atoms with van der Waals surface area (Å²) in [5.74, 6) is -0.225. The normalized spacial score (nSPS) is 10.4. The van der Waals surface area contributed by atoms with Crippen molar-refractivity contribution < 1.29 is 18.7 Å². The molecule has 0 aliphatic rings. The van der Waals surface area contributed by atoms with E-state index in [1.54, 1.807) is 12.4 Å². The van der Waals surface area contributed by atoms with E-state index in [4.69, 9.17) is 42.4 Å². The van der Waals surface area contributed by atoms with Crippen LogP contribution in [-0.4, -0.2) is 31.0 Å². The minimum Gasteiger partial charge on any atom is -0.476 e. The van der Waals surface area contributed by atoms with Gasteiger partial charge in [-0.1, -0.05) is 42.8 Å². The van der Waals surface area contributed by atoms with Crippen molar-refractivity contribution in [3.8, 4) is 6.07 Å². The highest BCUT2D eigenvalue weighted by atomic mass is 35.5. The van der Waals surface area contributed by atoms with Crippen molar-refractivity contribution in [3.63, 3.8) is 0 Å². The van der Waals surface area contributed by atoms with E-state index in [2.05, 4.69) is 19.9 Å². The van der Waals surface area contributed by atoms with Crippen LogP contribution in [-0.2, 0) is 12.8 Å². The molecule has 0 atom stereocenters. The van der Waals surface area contributed by atoms with E-state index in [1.807, 2.05) is 54.6 Å². The predicted octanol–water partition coefficient (Wildman–Crippen LogP) is 7.14. The lowest BCUT2D eigenvalue weighted by atomic mass is 10.1. The Hall–Kier alpha value is -4.78. The molecule has 11 heteroatoms. The summed E-state index contributed by atoms with van der Waals surface area (Å²) in [7, 11) is 0. The molecule has 40 heavy (non-hydrogen) atoms. The number of pyridine rings is 2. The molecule has 0 saturated carbocycles. The minimum absolute atomic E-state index is 0. The third-order valence-electron chi connectivity index (χ3n) is 5.57. The quantitative estimate of drug-likeness (QED) is 0.228. The molecule has 2 aromatic carbocycles. The molecule has 0 spiro atoms. The largest absolute Gasteiger partial charge is 0.476 e. The molecule has 200 valence electrons. The molecular formula is C29H21Cl2N5O4. The smallest absolute Gasteiger partial charge is 0.357 e. The third kappa shape index (κ3) is 6.80. The molecule has 0 aliphatic heterocycles. The fourth-order valence-corrected chi connectivity index (χ4v) is 4.14. The number of aromatic carboxylic acids is 1. The van der Waals surface area contributed by atoms with Gasteiger partial charge in [0.1, 0.15) is 18.6 Å². The number of hydrogen-bond acceptors (Lipinski definition) is 8. The zero-order valence-electron chi connectivity index (χ0n) is 20.0. The SMILES string of the molecule is C.N#Cc1coc(Cc2ccc3ncc(Cl)cc3c2)n1.O=C(O)c1coc(Cc2ccc3ncc(Cl)cc3c2)n1. The number of benzene rings is 2. The molecule has 0 aliphatic carbocycles. The number of rotatable bonds is 5. The van der Waals surface area contributed by atoms with Gasteiger partial charge in [0, 0.05) is 36.0 Å². The number of hydrogen-bond donors (Lipinski definition) is 1. The summed E-state index contributed by atoms with van der Waals surface area (Å²) in [4.78, 5) is 27.1. The van der Waals surface area contributed by atoms with Gasteiger partial charge in [0.05, 0.1) is 21.1 Å². The van der Waals surface area contributed by atoms with Crippen LogP contribution < -0.4 is 0 Å². The summed E-state index contributed by atoms with van der Waals surface area (Å²) in [6.07, 6.45) is 6.65. The maximum atomic E-state index is 10.7. The van der Waals surface area contributed by atoms with Crippen LogP contribution in [0.5, 0.6) is 0 Å². The number of nitriles is 1. The summed E-state index contributed by atoms with van der Waals surface area (Å²) in [5, 5.41) is 20.5. The monoisotopic (exact) mass is 573 g/mol. The summed E-state index contributed by atoms with van der Waals surface area (Å²) < 4.78 is 10.4. The first-order chi connectivity index (χ1) is 18.9. The number of oxazole rings is 2. The zero-order chi connectivity index (χ0) is 27.4. The maximum absolute atomic E-state index is 10.7. The Labute approximate surface area is 238 Å². The van der Waals surface area contributed by atoms with Crippen LogP contribution in [0.1, 0.15) is 46.5 Å². The van der Waals surface area contributed by atoms with E-state index in [0.29, 0.717) is 40.4 Å². The van der Waals surface area contributed by atoms with Crippen molar-refractivity contribution in [1.29, 1.82) is 5.26 Å². The van der Waals surface area contributed by atoms with E-state index in [-0.39, 0.29) is 13.1 Å². The van der Waals surface area contributed by atoms with E-state index >= 15 is 0 Å². The Morgan fingerprint density at radius 3 is 1.82 bits per heavy atom. The van der Waals surface area contributed by atoms with Crippen molar-refractivity contribution in [2.24, 2.45) is 0 Å². The molecule has 0 amide bonds. The first-order valence-corrected chi connectivity index (χ1v) is 12.2. The highest BCUT2D eigenvalue weighted by Gasteiger charge is 2.11. The Bertz CT molecular complexity index is 1860. The predicted molar refractivity (Wildman–Crippen MR) is 151 cm³/mol. The van der Waals surface area contributed by atoms with Crippen LogP contribution in [0.4, 0.5) is 0 Å². The van der Waals surface area contributed by atoms with Gasteiger partial charge in [0.25, 0.3) is 0 Å². The summed E-state index contributed by atoms with van der Waals surface area (Å²) in [6.45, 7) is 0. The van der Waals surface area contributed by atoms with Gasteiger partial charge in [-0.25, -0.2) is 14.8 Å². The van der Waals surface area contributed by atoms with Crippen LogP contribution in [0.2, 0.25) is 10.0 Å². The second-order valence-corrected chi connectivity index (χ2v) is 9.26. The van der Waals surface area contributed by atoms with Crippen molar-refractivity contribution in [1.82, 2.24) is 19.9 Å². The first-order valence-electron chi connectivity index (χ1n) is 11.5. The highest BCUT2D eigenvalue weighted by Crippen LogP contribution is 2.21. The van der Waals surface area contributed by atoms with Gasteiger partial charge in [0.15, 0.2) is 23.2 Å². The average molecular weight is 574 g/mol. The molecule has 0 saturated heterocycles. The molecular weight excluding hydrogens is 553 g/mol. The number of nitrogens with zero attached hydrogens (tertiary/aromatic N) is 5. The second-order valence-electron chi connectivity index (χ2n) is 8.38. The van der Waals surface area contributed by atoms with Gasteiger partial charge in [-0.05, 0) is 47.5 Å². The Kier molecular flexibility index (Phi) is 8.74. The topological polar surface area (TPSA) is 139 Å². The number of carbonyl (C=O) groups is 1. The number of carboxylic acids is 1. The summed E-state index contributed by atoms with van der Waals surface area (Å²) in [5.41, 5.74) is 3.91. The number of aromatic nitrogens is 4. The van der Waals surface area contributed by atoms with E-state index in [1.165, 1.54) is 6.26 Å². The second kappa shape index (κ2) is 12.4. The van der Waals surface area contributed by atoms with Gasteiger partial charge >= 0.3 is 5.97 Å². The van der Waals surface area contributed by atoms with Crippen molar-refractivity contribution in [2.45, 2.75) is 20.3 Å². The van der Waals surface area contributed by atoms with Crippen LogP contribution >= 0.6 is 23.2 Å². The lowest BCUT2D eigenvalue weighted by molar-refractivity contribution is 0.0690. The molecule has 0 radical (unpaired) electrons. The highest BCUT2D eigenvalue weighted by molar-refractivity contribution is 6.31. The van der Waals surface area contributed by atoms with Crippen LogP contribution in [0.25, 0.3) is 21.8 Å². The molecule has 0 bridgehead atoms. The molecule has 4 heterocycles. The van der Waals surface area contributed by atoms with Gasteiger partial charge in [-0.15, -0.1) is 0 Å². The first kappa shape index (κ1) is 28.2. The Balaban J connectivity index is 0.000000181. The molecule has 6 rings (SSSR count). The molecule has 0 unspecified atom stereocenters. The molecule has 0 fully saturated rings. The van der Waals surface area contributed by atoms with Gasteiger partial charge in [-0.3, -0.25) is 9.97 Å². The van der Waals surface area contributed by atoms with E-state index in [0.717, 1.165) is 39.2 Å².